The number of nitrogens with zero attached hydrogens (tertiary/aromatic N) is 1. The summed E-state index contributed by atoms with van der Waals surface area (Å²) in [6.07, 6.45) is 5.11. The maximum Gasteiger partial charge on any atom is 0.0718 e. The molecule has 0 amide bonds. The molecule has 0 radical (unpaired) electrons. The maximum atomic E-state index is 3.43. The van der Waals surface area contributed by atoms with E-state index in [2.05, 4.69) is 35.8 Å². The van der Waals surface area contributed by atoms with Crippen molar-refractivity contribution in [1.82, 2.24) is 4.90 Å². The van der Waals surface area contributed by atoms with Gasteiger partial charge in [-0.1, -0.05) is 43.4 Å². The Hall–Kier alpha value is -1.26. The van der Waals surface area contributed by atoms with Crippen molar-refractivity contribution >= 4 is 0 Å². The zero-order chi connectivity index (χ0) is 11.9. The van der Waals surface area contributed by atoms with Crippen molar-refractivity contribution in [2.75, 3.05) is 13.1 Å². The molecule has 0 N–H and O–H groups in total. The number of rotatable bonds is 3. The fourth-order valence-electron chi connectivity index (χ4n) is 2.31. The Morgan fingerprint density at radius 3 is 2.88 bits per heavy atom. The van der Waals surface area contributed by atoms with Crippen LogP contribution in [0, 0.1) is 11.8 Å². The second-order valence-electron chi connectivity index (χ2n) is 4.68. The van der Waals surface area contributed by atoms with Crippen LogP contribution < -0.4 is 0 Å². The van der Waals surface area contributed by atoms with Gasteiger partial charge in [0.25, 0.3) is 0 Å². The molecule has 1 heteroatoms. The molecule has 0 aliphatic carbocycles. The van der Waals surface area contributed by atoms with Crippen molar-refractivity contribution in [2.45, 2.75) is 38.6 Å². The standard InChI is InChI=1S/C16H21N/c1-2-3-13-17-14-7-10-16(17)12-11-15-8-5-4-6-9-15/h4-6,8-9,16H,2-3,7,10,13-14H2,1H3. The molecule has 0 spiro atoms. The SMILES string of the molecule is CCCCN1CCCC1C#Cc1ccccc1. The summed E-state index contributed by atoms with van der Waals surface area (Å²) < 4.78 is 0. The monoisotopic (exact) mass is 227 g/mol. The molecular weight excluding hydrogens is 206 g/mol. The van der Waals surface area contributed by atoms with Crippen molar-refractivity contribution < 1.29 is 0 Å². The minimum absolute atomic E-state index is 0.488. The van der Waals surface area contributed by atoms with Crippen molar-refractivity contribution in [3.63, 3.8) is 0 Å². The van der Waals surface area contributed by atoms with E-state index in [0.29, 0.717) is 6.04 Å². The summed E-state index contributed by atoms with van der Waals surface area (Å²) in [4.78, 5) is 2.54. The van der Waals surface area contributed by atoms with Gasteiger partial charge in [0.2, 0.25) is 0 Å². The summed E-state index contributed by atoms with van der Waals surface area (Å²) in [5, 5.41) is 0. The molecule has 1 atom stereocenters. The summed E-state index contributed by atoms with van der Waals surface area (Å²) in [5.41, 5.74) is 1.13. The van der Waals surface area contributed by atoms with Gasteiger partial charge in [-0.25, -0.2) is 0 Å². The highest BCUT2D eigenvalue weighted by molar-refractivity contribution is 5.35. The Bertz CT molecular complexity index is 385. The minimum Gasteiger partial charge on any atom is -0.290 e. The molecule has 90 valence electrons. The van der Waals surface area contributed by atoms with E-state index >= 15 is 0 Å². The van der Waals surface area contributed by atoms with E-state index in [1.807, 2.05) is 18.2 Å². The number of benzene rings is 1. The molecule has 17 heavy (non-hydrogen) atoms. The molecule has 1 aromatic rings. The van der Waals surface area contributed by atoms with Crippen LogP contribution in [0.2, 0.25) is 0 Å². The highest BCUT2D eigenvalue weighted by atomic mass is 15.2. The first-order valence-electron chi connectivity index (χ1n) is 6.71. The Morgan fingerprint density at radius 2 is 2.12 bits per heavy atom. The molecule has 1 nitrogen and oxygen atoms in total. The van der Waals surface area contributed by atoms with E-state index < -0.39 is 0 Å². The molecule has 0 bridgehead atoms. The number of likely N-dealkylation sites (tertiary alicyclic amines) is 1. The lowest BCUT2D eigenvalue weighted by Crippen LogP contribution is -2.29. The van der Waals surface area contributed by atoms with Gasteiger partial charge in [-0.2, -0.15) is 0 Å². The largest absolute Gasteiger partial charge is 0.290 e. The Kier molecular flexibility index (Phi) is 4.64. The lowest BCUT2D eigenvalue weighted by atomic mass is 10.2. The second-order valence-corrected chi connectivity index (χ2v) is 4.68. The van der Waals surface area contributed by atoms with Gasteiger partial charge >= 0.3 is 0 Å². The highest BCUT2D eigenvalue weighted by Gasteiger charge is 2.21. The third-order valence-corrected chi connectivity index (χ3v) is 3.32. The summed E-state index contributed by atoms with van der Waals surface area (Å²) >= 11 is 0. The number of hydrogen-bond donors (Lipinski definition) is 0. The smallest absolute Gasteiger partial charge is 0.0718 e. The molecule has 1 aliphatic rings. The maximum absolute atomic E-state index is 3.43. The molecule has 1 unspecified atom stereocenters. The van der Waals surface area contributed by atoms with E-state index in [1.54, 1.807) is 0 Å². The predicted octanol–water partition coefficient (Wildman–Crippen LogP) is 3.30. The van der Waals surface area contributed by atoms with E-state index in [0.717, 1.165) is 5.56 Å². The van der Waals surface area contributed by atoms with Gasteiger partial charge in [0.15, 0.2) is 0 Å². The second kappa shape index (κ2) is 6.47. The van der Waals surface area contributed by atoms with Crippen LogP contribution in [0.3, 0.4) is 0 Å². The minimum atomic E-state index is 0.488. The molecule has 1 saturated heterocycles. The summed E-state index contributed by atoms with van der Waals surface area (Å²) in [6, 6.07) is 10.8. The average Bonchev–Trinajstić information content (AvgIpc) is 2.82. The van der Waals surface area contributed by atoms with Crippen LogP contribution in [0.4, 0.5) is 0 Å². The van der Waals surface area contributed by atoms with Gasteiger partial charge in [0.1, 0.15) is 0 Å². The molecule has 2 rings (SSSR count). The van der Waals surface area contributed by atoms with Crippen LogP contribution in [0.15, 0.2) is 30.3 Å². The van der Waals surface area contributed by atoms with Crippen LogP contribution in [-0.4, -0.2) is 24.0 Å². The van der Waals surface area contributed by atoms with Gasteiger partial charge in [-0.05, 0) is 44.5 Å². The van der Waals surface area contributed by atoms with E-state index in [9.17, 15) is 0 Å². The summed E-state index contributed by atoms with van der Waals surface area (Å²) in [7, 11) is 0. The molecule has 0 aromatic heterocycles. The Morgan fingerprint density at radius 1 is 1.29 bits per heavy atom. The van der Waals surface area contributed by atoms with E-state index in [4.69, 9.17) is 0 Å². The van der Waals surface area contributed by atoms with Crippen LogP contribution in [0.1, 0.15) is 38.2 Å². The van der Waals surface area contributed by atoms with Crippen LogP contribution >= 0.6 is 0 Å². The van der Waals surface area contributed by atoms with Crippen LogP contribution in [0.25, 0.3) is 0 Å². The van der Waals surface area contributed by atoms with Gasteiger partial charge < -0.3 is 0 Å². The Labute approximate surface area is 105 Å². The first kappa shape index (κ1) is 12.2. The molecule has 1 aliphatic heterocycles. The summed E-state index contributed by atoms with van der Waals surface area (Å²) in [5.74, 6) is 6.73. The zero-order valence-electron chi connectivity index (χ0n) is 10.7. The summed E-state index contributed by atoms with van der Waals surface area (Å²) in [6.45, 7) is 4.69. The van der Waals surface area contributed by atoms with Gasteiger partial charge in [-0.15, -0.1) is 0 Å². The fraction of sp³-hybridized carbons (Fsp3) is 0.500. The Balaban J connectivity index is 1.96. The van der Waals surface area contributed by atoms with Crippen molar-refractivity contribution in [3.8, 4) is 11.8 Å². The van der Waals surface area contributed by atoms with E-state index in [1.165, 1.54) is 38.8 Å². The van der Waals surface area contributed by atoms with Crippen LogP contribution in [-0.2, 0) is 0 Å². The van der Waals surface area contributed by atoms with E-state index in [-0.39, 0.29) is 0 Å². The molecule has 1 aromatic carbocycles. The average molecular weight is 227 g/mol. The van der Waals surface area contributed by atoms with Crippen LogP contribution in [0.5, 0.6) is 0 Å². The quantitative estimate of drug-likeness (QED) is 0.716. The third kappa shape index (κ3) is 3.61. The molecule has 1 fully saturated rings. The zero-order valence-corrected chi connectivity index (χ0v) is 10.7. The topological polar surface area (TPSA) is 3.24 Å². The number of hydrogen-bond acceptors (Lipinski definition) is 1. The molecular formula is C16H21N. The van der Waals surface area contributed by atoms with Crippen molar-refractivity contribution in [3.05, 3.63) is 35.9 Å². The van der Waals surface area contributed by atoms with Crippen molar-refractivity contribution in [1.29, 1.82) is 0 Å². The fourth-order valence-corrected chi connectivity index (χ4v) is 2.31. The van der Waals surface area contributed by atoms with Crippen molar-refractivity contribution in [2.24, 2.45) is 0 Å². The lowest BCUT2D eigenvalue weighted by molar-refractivity contribution is 0.291. The lowest BCUT2D eigenvalue weighted by Gasteiger charge is -2.19. The number of unbranched alkanes of at least 4 members (excludes halogenated alkanes) is 1. The third-order valence-electron chi connectivity index (χ3n) is 3.32. The normalized spacial score (nSPS) is 19.9. The molecule has 0 saturated carbocycles. The highest BCUT2D eigenvalue weighted by Crippen LogP contribution is 2.17. The first-order valence-corrected chi connectivity index (χ1v) is 6.71. The predicted molar refractivity (Wildman–Crippen MR) is 72.8 cm³/mol. The first-order chi connectivity index (χ1) is 8.40. The van der Waals surface area contributed by atoms with Gasteiger partial charge in [-0.3, -0.25) is 4.90 Å². The molecule has 1 heterocycles. The van der Waals surface area contributed by atoms with Gasteiger partial charge in [0.05, 0.1) is 6.04 Å². The van der Waals surface area contributed by atoms with Gasteiger partial charge in [0, 0.05) is 5.56 Å².